The van der Waals surface area contributed by atoms with Crippen LogP contribution in [-0.2, 0) is 32.6 Å². The third kappa shape index (κ3) is 9.20. The Morgan fingerprint density at radius 3 is 2.09 bits per heavy atom. The molecular weight excluding hydrogens is 666 g/mol. The molecule has 0 aliphatic carbocycles. The van der Waals surface area contributed by atoms with Gasteiger partial charge in [-0.2, -0.15) is 0 Å². The number of rotatable bonds is 15. The van der Waals surface area contributed by atoms with Gasteiger partial charge >= 0.3 is 0 Å². The standard InChI is InChI=1S/C36H40BrN3O5S/c1-4-27(3)38-36(42)34(24-28-13-8-6-9-14-28)39(25-29-15-12-16-30(37)23-29)35(41)26-40(31-19-21-32(22-20-31)45-5-2)46(43,44)33-17-10-7-11-18-33/h6-23,27,34H,4-5,24-26H2,1-3H3,(H,38,42)/t27-,34-/m1/s1. The van der Waals surface area contributed by atoms with Gasteiger partial charge in [-0.3, -0.25) is 13.9 Å². The van der Waals surface area contributed by atoms with Crippen LogP contribution >= 0.6 is 15.9 Å². The van der Waals surface area contributed by atoms with Gasteiger partial charge in [0.1, 0.15) is 18.3 Å². The molecule has 0 radical (unpaired) electrons. The van der Waals surface area contributed by atoms with Crippen LogP contribution in [0.5, 0.6) is 5.75 Å². The molecule has 4 rings (SSSR count). The van der Waals surface area contributed by atoms with Crippen molar-refractivity contribution in [3.63, 3.8) is 0 Å². The lowest BCUT2D eigenvalue weighted by atomic mass is 10.0. The second kappa shape index (κ2) is 16.4. The largest absolute Gasteiger partial charge is 0.494 e. The van der Waals surface area contributed by atoms with Crippen molar-refractivity contribution in [1.29, 1.82) is 0 Å². The Hall–Kier alpha value is -4.15. The van der Waals surface area contributed by atoms with Crippen LogP contribution in [0.1, 0.15) is 38.3 Å². The van der Waals surface area contributed by atoms with Crippen molar-refractivity contribution in [2.75, 3.05) is 17.5 Å². The zero-order valence-corrected chi connectivity index (χ0v) is 28.7. The van der Waals surface area contributed by atoms with Gasteiger partial charge in [-0.25, -0.2) is 8.42 Å². The maximum absolute atomic E-state index is 14.6. The molecule has 0 aliphatic rings. The minimum absolute atomic E-state index is 0.0468. The number of nitrogens with one attached hydrogen (secondary N) is 1. The van der Waals surface area contributed by atoms with Crippen LogP contribution < -0.4 is 14.4 Å². The van der Waals surface area contributed by atoms with Crippen LogP contribution in [0.4, 0.5) is 5.69 Å². The molecule has 4 aromatic carbocycles. The summed E-state index contributed by atoms with van der Waals surface area (Å²) in [6, 6.07) is 30.6. The molecule has 0 saturated carbocycles. The van der Waals surface area contributed by atoms with E-state index in [1.54, 1.807) is 42.5 Å². The lowest BCUT2D eigenvalue weighted by Gasteiger charge is -2.34. The lowest BCUT2D eigenvalue weighted by Crippen LogP contribution is -2.54. The van der Waals surface area contributed by atoms with Gasteiger partial charge in [-0.15, -0.1) is 0 Å². The summed E-state index contributed by atoms with van der Waals surface area (Å²) in [5, 5.41) is 3.05. The minimum Gasteiger partial charge on any atom is -0.494 e. The molecule has 0 saturated heterocycles. The molecule has 2 atom stereocenters. The highest BCUT2D eigenvalue weighted by molar-refractivity contribution is 9.10. The van der Waals surface area contributed by atoms with E-state index in [1.165, 1.54) is 17.0 Å². The molecule has 0 aliphatic heterocycles. The third-order valence-electron chi connectivity index (χ3n) is 7.56. The smallest absolute Gasteiger partial charge is 0.264 e. The Balaban J connectivity index is 1.80. The number of carbonyl (C=O) groups excluding carboxylic acids is 2. The van der Waals surface area contributed by atoms with Crippen LogP contribution in [0.3, 0.4) is 0 Å². The number of anilines is 1. The SMILES string of the molecule is CCOc1ccc(N(CC(=O)N(Cc2cccc(Br)c2)[C@H](Cc2ccccc2)C(=O)N[C@H](C)CC)S(=O)(=O)c2ccccc2)cc1. The molecule has 1 N–H and O–H groups in total. The van der Waals surface area contributed by atoms with Gasteiger partial charge in [-0.1, -0.05) is 83.5 Å². The molecule has 242 valence electrons. The van der Waals surface area contributed by atoms with E-state index >= 15 is 0 Å². The Labute approximate surface area is 280 Å². The van der Waals surface area contributed by atoms with Crippen LogP contribution in [0.25, 0.3) is 0 Å². The van der Waals surface area contributed by atoms with Gasteiger partial charge in [0.2, 0.25) is 11.8 Å². The zero-order valence-electron chi connectivity index (χ0n) is 26.3. The highest BCUT2D eigenvalue weighted by Gasteiger charge is 2.35. The first-order valence-electron chi connectivity index (χ1n) is 15.3. The summed E-state index contributed by atoms with van der Waals surface area (Å²) >= 11 is 3.51. The molecule has 0 aromatic heterocycles. The molecule has 0 fully saturated rings. The summed E-state index contributed by atoms with van der Waals surface area (Å²) in [6.07, 6.45) is 0.960. The Morgan fingerprint density at radius 1 is 0.848 bits per heavy atom. The molecule has 8 nitrogen and oxygen atoms in total. The number of ether oxygens (including phenoxy) is 1. The summed E-state index contributed by atoms with van der Waals surface area (Å²) in [5.74, 6) is -0.246. The molecule has 0 bridgehead atoms. The second-order valence-corrected chi connectivity index (χ2v) is 13.7. The molecule has 46 heavy (non-hydrogen) atoms. The van der Waals surface area contributed by atoms with Crippen molar-refractivity contribution in [3.05, 3.63) is 125 Å². The number of carbonyl (C=O) groups is 2. The summed E-state index contributed by atoms with van der Waals surface area (Å²) in [6.45, 7) is 5.77. The van der Waals surface area contributed by atoms with E-state index in [4.69, 9.17) is 4.74 Å². The van der Waals surface area contributed by atoms with Crippen molar-refractivity contribution >= 4 is 43.5 Å². The molecule has 10 heteroatoms. The fourth-order valence-corrected chi connectivity index (χ4v) is 6.83. The number of benzene rings is 4. The predicted octanol–water partition coefficient (Wildman–Crippen LogP) is 6.60. The van der Waals surface area contributed by atoms with Gasteiger partial charge in [0.15, 0.2) is 0 Å². The minimum atomic E-state index is -4.18. The van der Waals surface area contributed by atoms with Gasteiger partial charge in [-0.05, 0) is 79.9 Å². The molecular formula is C36H40BrN3O5S. The lowest BCUT2D eigenvalue weighted by molar-refractivity contribution is -0.140. The van der Waals surface area contributed by atoms with Gasteiger partial charge in [0, 0.05) is 23.5 Å². The number of sulfonamides is 1. The van der Waals surface area contributed by atoms with Crippen LogP contribution in [-0.4, -0.2) is 50.4 Å². The van der Waals surface area contributed by atoms with Gasteiger partial charge in [0.25, 0.3) is 10.0 Å². The van der Waals surface area contributed by atoms with Crippen LogP contribution in [0.2, 0.25) is 0 Å². The molecule has 0 spiro atoms. The first kappa shape index (κ1) is 34.7. The predicted molar refractivity (Wildman–Crippen MR) is 185 cm³/mol. The highest BCUT2D eigenvalue weighted by atomic mass is 79.9. The first-order chi connectivity index (χ1) is 22.1. The molecule has 4 aromatic rings. The normalized spacial score (nSPS) is 12.5. The monoisotopic (exact) mass is 705 g/mol. The van der Waals surface area contributed by atoms with E-state index < -0.39 is 28.5 Å². The quantitative estimate of drug-likeness (QED) is 0.150. The van der Waals surface area contributed by atoms with Crippen molar-refractivity contribution in [2.24, 2.45) is 0 Å². The van der Waals surface area contributed by atoms with Crippen molar-refractivity contribution in [3.8, 4) is 5.75 Å². The number of amides is 2. The number of halogens is 1. The molecule has 2 amide bonds. The Bertz CT molecular complexity index is 1690. The summed E-state index contributed by atoms with van der Waals surface area (Å²) < 4.78 is 35.7. The summed E-state index contributed by atoms with van der Waals surface area (Å²) in [4.78, 5) is 30.0. The Morgan fingerprint density at radius 2 is 1.48 bits per heavy atom. The van der Waals surface area contributed by atoms with E-state index in [9.17, 15) is 18.0 Å². The molecule has 0 heterocycles. The van der Waals surface area contributed by atoms with E-state index in [0.717, 1.165) is 19.9 Å². The number of hydrogen-bond donors (Lipinski definition) is 1. The zero-order chi connectivity index (χ0) is 33.1. The third-order valence-corrected chi connectivity index (χ3v) is 9.84. The molecule has 0 unspecified atom stereocenters. The highest BCUT2D eigenvalue weighted by Crippen LogP contribution is 2.27. The van der Waals surface area contributed by atoms with E-state index in [1.807, 2.05) is 75.4 Å². The van der Waals surface area contributed by atoms with Crippen LogP contribution in [0, 0.1) is 0 Å². The van der Waals surface area contributed by atoms with E-state index in [2.05, 4.69) is 21.2 Å². The first-order valence-corrected chi connectivity index (χ1v) is 17.5. The summed E-state index contributed by atoms with van der Waals surface area (Å²) in [7, 11) is -4.18. The van der Waals surface area contributed by atoms with Gasteiger partial charge in [0.05, 0.1) is 17.2 Å². The average molecular weight is 707 g/mol. The maximum Gasteiger partial charge on any atom is 0.264 e. The van der Waals surface area contributed by atoms with E-state index in [0.29, 0.717) is 24.5 Å². The van der Waals surface area contributed by atoms with Crippen molar-refractivity contribution in [2.45, 2.75) is 57.1 Å². The van der Waals surface area contributed by atoms with E-state index in [-0.39, 0.29) is 29.8 Å². The Kier molecular flexibility index (Phi) is 12.4. The van der Waals surface area contributed by atoms with Gasteiger partial charge < -0.3 is 15.0 Å². The maximum atomic E-state index is 14.6. The summed E-state index contributed by atoms with van der Waals surface area (Å²) in [5.41, 5.74) is 1.96. The average Bonchev–Trinajstić information content (AvgIpc) is 3.06. The fourth-order valence-electron chi connectivity index (χ4n) is 4.95. The van der Waals surface area contributed by atoms with Crippen LogP contribution in [0.15, 0.2) is 119 Å². The number of nitrogens with zero attached hydrogens (tertiary/aromatic N) is 2. The van der Waals surface area contributed by atoms with Crippen molar-refractivity contribution < 1.29 is 22.7 Å². The number of hydrogen-bond acceptors (Lipinski definition) is 5. The van der Waals surface area contributed by atoms with Crippen molar-refractivity contribution in [1.82, 2.24) is 10.2 Å². The second-order valence-electron chi connectivity index (χ2n) is 10.9. The topological polar surface area (TPSA) is 96.0 Å². The fraction of sp³-hybridized carbons (Fsp3) is 0.278.